The van der Waals surface area contributed by atoms with E-state index in [0.29, 0.717) is 5.02 Å². The zero-order valence-corrected chi connectivity index (χ0v) is 10.8. The number of rotatable bonds is 4. The lowest BCUT2D eigenvalue weighted by Gasteiger charge is -2.09. The van der Waals surface area contributed by atoms with Crippen molar-refractivity contribution in [2.24, 2.45) is 0 Å². The summed E-state index contributed by atoms with van der Waals surface area (Å²) in [7, 11) is 0. The fourth-order valence-corrected chi connectivity index (χ4v) is 2.16. The van der Waals surface area contributed by atoms with Gasteiger partial charge in [-0.2, -0.15) is 0 Å². The second kappa shape index (κ2) is 6.57. The molecule has 0 heterocycles. The molecule has 0 aliphatic heterocycles. The number of benzene rings is 1. The SMILES string of the molecule is O=C(/C=C/c1cccc(Cl)c1)NOC1CCCC1. The molecule has 0 unspecified atom stereocenters. The second-order valence-electron chi connectivity index (χ2n) is 4.38. The van der Waals surface area contributed by atoms with Gasteiger partial charge in [0.25, 0.3) is 5.91 Å². The van der Waals surface area contributed by atoms with Gasteiger partial charge < -0.3 is 0 Å². The summed E-state index contributed by atoms with van der Waals surface area (Å²) in [5.41, 5.74) is 3.34. The number of nitrogens with one attached hydrogen (secondary N) is 1. The van der Waals surface area contributed by atoms with Gasteiger partial charge >= 0.3 is 0 Å². The molecule has 1 aliphatic rings. The van der Waals surface area contributed by atoms with Crippen molar-refractivity contribution >= 4 is 23.6 Å². The molecule has 1 aliphatic carbocycles. The van der Waals surface area contributed by atoms with Crippen LogP contribution in [0.2, 0.25) is 5.02 Å². The van der Waals surface area contributed by atoms with Gasteiger partial charge in [0.15, 0.2) is 0 Å². The number of hydroxylamine groups is 1. The third kappa shape index (κ3) is 4.17. The monoisotopic (exact) mass is 265 g/mol. The summed E-state index contributed by atoms with van der Waals surface area (Å²) in [4.78, 5) is 16.8. The molecular weight excluding hydrogens is 250 g/mol. The Balaban J connectivity index is 1.79. The van der Waals surface area contributed by atoms with Crippen LogP contribution in [0, 0.1) is 0 Å². The first-order valence-electron chi connectivity index (χ1n) is 6.13. The molecule has 1 fully saturated rings. The molecule has 0 bridgehead atoms. The molecule has 0 atom stereocenters. The van der Waals surface area contributed by atoms with Crippen LogP contribution in [0.4, 0.5) is 0 Å². The Hall–Kier alpha value is -1.32. The van der Waals surface area contributed by atoms with Crippen molar-refractivity contribution in [3.8, 4) is 0 Å². The van der Waals surface area contributed by atoms with Crippen molar-refractivity contribution in [1.29, 1.82) is 0 Å². The highest BCUT2D eigenvalue weighted by Crippen LogP contribution is 2.19. The zero-order chi connectivity index (χ0) is 12.8. The number of hydrogen-bond acceptors (Lipinski definition) is 2. The standard InChI is InChI=1S/C14H16ClNO2/c15-12-5-3-4-11(10-12)8-9-14(17)16-18-13-6-1-2-7-13/h3-5,8-10,13H,1-2,6-7H2,(H,16,17)/b9-8+. The smallest absolute Gasteiger partial charge is 0.267 e. The Morgan fingerprint density at radius 3 is 2.89 bits per heavy atom. The van der Waals surface area contributed by atoms with E-state index in [2.05, 4.69) is 5.48 Å². The van der Waals surface area contributed by atoms with Crippen LogP contribution in [0.5, 0.6) is 0 Å². The van der Waals surface area contributed by atoms with Crippen molar-refractivity contribution in [2.45, 2.75) is 31.8 Å². The fourth-order valence-electron chi connectivity index (χ4n) is 1.96. The lowest BCUT2D eigenvalue weighted by molar-refractivity contribution is -0.132. The zero-order valence-electron chi connectivity index (χ0n) is 10.1. The minimum Gasteiger partial charge on any atom is -0.270 e. The quantitative estimate of drug-likeness (QED) is 0.670. The van der Waals surface area contributed by atoms with Crippen LogP contribution in [0.15, 0.2) is 30.3 Å². The van der Waals surface area contributed by atoms with Gasteiger partial charge in [0.1, 0.15) is 0 Å². The Labute approximate surface area is 112 Å². The third-order valence-electron chi connectivity index (χ3n) is 2.90. The highest BCUT2D eigenvalue weighted by molar-refractivity contribution is 6.30. The van der Waals surface area contributed by atoms with E-state index in [-0.39, 0.29) is 12.0 Å². The molecule has 96 valence electrons. The van der Waals surface area contributed by atoms with Crippen molar-refractivity contribution in [3.05, 3.63) is 40.9 Å². The van der Waals surface area contributed by atoms with Gasteiger partial charge in [-0.05, 0) is 36.6 Å². The summed E-state index contributed by atoms with van der Waals surface area (Å²) in [5, 5.41) is 0.653. The maximum atomic E-state index is 11.5. The Bertz CT molecular complexity index is 439. The molecule has 1 N–H and O–H groups in total. The molecule has 1 aromatic rings. The maximum absolute atomic E-state index is 11.5. The number of halogens is 1. The van der Waals surface area contributed by atoms with Crippen molar-refractivity contribution in [3.63, 3.8) is 0 Å². The van der Waals surface area contributed by atoms with Crippen LogP contribution in [0.25, 0.3) is 6.08 Å². The average Bonchev–Trinajstić information content (AvgIpc) is 2.87. The molecule has 1 aromatic carbocycles. The molecule has 0 saturated heterocycles. The largest absolute Gasteiger partial charge is 0.270 e. The highest BCUT2D eigenvalue weighted by Gasteiger charge is 2.16. The minimum absolute atomic E-state index is 0.175. The molecule has 0 aromatic heterocycles. The van der Waals surface area contributed by atoms with E-state index < -0.39 is 0 Å². The van der Waals surface area contributed by atoms with Gasteiger partial charge in [-0.3, -0.25) is 9.63 Å². The molecule has 2 rings (SSSR count). The molecule has 0 radical (unpaired) electrons. The maximum Gasteiger partial charge on any atom is 0.267 e. The summed E-state index contributed by atoms with van der Waals surface area (Å²) < 4.78 is 0. The Morgan fingerprint density at radius 2 is 2.17 bits per heavy atom. The third-order valence-corrected chi connectivity index (χ3v) is 3.14. The van der Waals surface area contributed by atoms with E-state index >= 15 is 0 Å². The van der Waals surface area contributed by atoms with Gasteiger partial charge in [-0.1, -0.05) is 36.6 Å². The topological polar surface area (TPSA) is 38.3 Å². The summed E-state index contributed by atoms with van der Waals surface area (Å²) >= 11 is 5.85. The molecule has 3 nitrogen and oxygen atoms in total. The summed E-state index contributed by atoms with van der Waals surface area (Å²) in [5.74, 6) is -0.248. The predicted octanol–water partition coefficient (Wildman–Crippen LogP) is 3.34. The van der Waals surface area contributed by atoms with Gasteiger partial charge in [0.2, 0.25) is 0 Å². The van der Waals surface area contributed by atoms with Gasteiger partial charge in [0, 0.05) is 11.1 Å². The van der Waals surface area contributed by atoms with Crippen molar-refractivity contribution in [1.82, 2.24) is 5.48 Å². The predicted molar refractivity (Wildman–Crippen MR) is 72.0 cm³/mol. The molecule has 18 heavy (non-hydrogen) atoms. The first-order valence-corrected chi connectivity index (χ1v) is 6.51. The normalized spacial score (nSPS) is 16.3. The van der Waals surface area contributed by atoms with E-state index in [0.717, 1.165) is 18.4 Å². The summed E-state index contributed by atoms with van der Waals surface area (Å²) in [6.45, 7) is 0. The highest BCUT2D eigenvalue weighted by atomic mass is 35.5. The van der Waals surface area contributed by atoms with Crippen LogP contribution in [-0.4, -0.2) is 12.0 Å². The van der Waals surface area contributed by atoms with Crippen LogP contribution < -0.4 is 5.48 Å². The lowest BCUT2D eigenvalue weighted by Crippen LogP contribution is -2.26. The van der Waals surface area contributed by atoms with E-state index in [1.807, 2.05) is 12.1 Å². The van der Waals surface area contributed by atoms with Gasteiger partial charge in [-0.15, -0.1) is 0 Å². The van der Waals surface area contributed by atoms with Crippen LogP contribution in [0.1, 0.15) is 31.2 Å². The number of carbonyl (C=O) groups is 1. The number of carbonyl (C=O) groups excluding carboxylic acids is 1. The van der Waals surface area contributed by atoms with E-state index in [4.69, 9.17) is 16.4 Å². The average molecular weight is 266 g/mol. The van der Waals surface area contributed by atoms with E-state index in [1.54, 1.807) is 18.2 Å². The summed E-state index contributed by atoms with van der Waals surface area (Å²) in [6, 6.07) is 7.31. The fraction of sp³-hybridized carbons (Fsp3) is 0.357. The van der Waals surface area contributed by atoms with E-state index in [1.165, 1.54) is 18.9 Å². The Morgan fingerprint density at radius 1 is 1.39 bits per heavy atom. The van der Waals surface area contributed by atoms with Crippen LogP contribution in [0.3, 0.4) is 0 Å². The number of hydrogen-bond donors (Lipinski definition) is 1. The molecular formula is C14H16ClNO2. The van der Waals surface area contributed by atoms with Crippen molar-refractivity contribution < 1.29 is 9.63 Å². The second-order valence-corrected chi connectivity index (χ2v) is 4.82. The molecule has 1 saturated carbocycles. The van der Waals surface area contributed by atoms with Crippen LogP contribution >= 0.6 is 11.6 Å². The minimum atomic E-state index is -0.248. The molecule has 0 spiro atoms. The van der Waals surface area contributed by atoms with Crippen LogP contribution in [-0.2, 0) is 9.63 Å². The van der Waals surface area contributed by atoms with Gasteiger partial charge in [-0.25, -0.2) is 5.48 Å². The first kappa shape index (κ1) is 13.1. The van der Waals surface area contributed by atoms with E-state index in [9.17, 15) is 4.79 Å². The lowest BCUT2D eigenvalue weighted by atomic mass is 10.2. The molecule has 1 amide bonds. The summed E-state index contributed by atoms with van der Waals surface area (Å²) in [6.07, 6.45) is 7.74. The van der Waals surface area contributed by atoms with Crippen molar-refractivity contribution in [2.75, 3.05) is 0 Å². The molecule has 4 heteroatoms. The Kier molecular flexibility index (Phi) is 4.79. The van der Waals surface area contributed by atoms with Gasteiger partial charge in [0.05, 0.1) is 6.10 Å². The number of amides is 1. The first-order chi connectivity index (χ1) is 8.74.